The summed E-state index contributed by atoms with van der Waals surface area (Å²) in [4.78, 5) is 25.2. The van der Waals surface area contributed by atoms with E-state index in [0.717, 1.165) is 12.8 Å². The minimum Gasteiger partial charge on any atom is -0.370 e. The Hall–Kier alpha value is -6.17. The number of anilines is 3. The number of nitrogens with two attached hydrogens (primary N) is 4. The van der Waals surface area contributed by atoms with Crippen LogP contribution in [0.2, 0.25) is 0 Å². The van der Waals surface area contributed by atoms with Gasteiger partial charge in [-0.1, -0.05) is 121 Å². The second kappa shape index (κ2) is 20.6. The van der Waals surface area contributed by atoms with Gasteiger partial charge in [-0.25, -0.2) is 0 Å². The zero-order valence-corrected chi connectivity index (χ0v) is 30.3. The minimum absolute atomic E-state index is 0.0658. The Bertz CT molecular complexity index is 1620. The molecule has 10 N–H and O–H groups in total. The van der Waals surface area contributed by atoms with Gasteiger partial charge >= 0.3 is 0 Å². The van der Waals surface area contributed by atoms with Gasteiger partial charge in [-0.2, -0.15) is 15.0 Å². The third kappa shape index (κ3) is 12.5. The lowest BCUT2D eigenvalue weighted by atomic mass is 9.88. The van der Waals surface area contributed by atoms with Gasteiger partial charge in [0.05, 0.1) is 0 Å². The van der Waals surface area contributed by atoms with Gasteiger partial charge in [0, 0.05) is 51.1 Å². The van der Waals surface area contributed by atoms with Crippen LogP contribution in [0.25, 0.3) is 0 Å². The highest BCUT2D eigenvalue weighted by Gasteiger charge is 2.18. The van der Waals surface area contributed by atoms with Crippen LogP contribution in [0.5, 0.6) is 0 Å². The highest BCUT2D eigenvalue weighted by molar-refractivity contribution is 5.75. The minimum atomic E-state index is 0.0658. The summed E-state index contributed by atoms with van der Waals surface area (Å²) in [5, 5.41) is 7.05. The molecule has 5 aromatic rings. The van der Waals surface area contributed by atoms with Crippen LogP contribution in [0.4, 0.5) is 17.8 Å². The van der Waals surface area contributed by atoms with Gasteiger partial charge in [-0.05, 0) is 47.9 Å². The standard InChI is InChI=1S/C41H52N12/c42-37(43)46-25-13-29-53(30-14-26-47-38(44)45)41-51-39(48-27-23-35(31-15-5-1-6-16-31)32-17-7-2-8-18-32)50-40(52-41)49-28-24-36(33-19-9-3-10-20-33)34-21-11-4-12-22-34/h1-12,15-22,35-36H,13-14,23-30H2,(H4,42,43,46)(H4,44,45,47)(H2,48,49,50,51,52). The predicted molar refractivity (Wildman–Crippen MR) is 218 cm³/mol. The van der Waals surface area contributed by atoms with Crippen molar-refractivity contribution in [3.63, 3.8) is 0 Å². The van der Waals surface area contributed by atoms with E-state index in [1.807, 2.05) is 24.3 Å². The van der Waals surface area contributed by atoms with Gasteiger partial charge in [0.2, 0.25) is 17.8 Å². The fourth-order valence-corrected chi connectivity index (χ4v) is 6.37. The molecule has 0 fully saturated rings. The Morgan fingerprint density at radius 3 is 1.17 bits per heavy atom. The molecule has 0 aliphatic heterocycles. The maximum absolute atomic E-state index is 5.60. The quantitative estimate of drug-likeness (QED) is 0.0331. The number of hydrogen-bond acceptors (Lipinski definition) is 8. The summed E-state index contributed by atoms with van der Waals surface area (Å²) in [6, 6.07) is 42.3. The van der Waals surface area contributed by atoms with Crippen LogP contribution < -0.4 is 38.5 Å². The van der Waals surface area contributed by atoms with Crippen LogP contribution in [0.3, 0.4) is 0 Å². The summed E-state index contributed by atoms with van der Waals surface area (Å²) in [5.74, 6) is 2.09. The van der Waals surface area contributed by atoms with Crippen LogP contribution in [0, 0.1) is 0 Å². The number of hydrogen-bond donors (Lipinski definition) is 6. The first kappa shape index (κ1) is 38.1. The van der Waals surface area contributed by atoms with Crippen molar-refractivity contribution in [2.75, 3.05) is 54.8 Å². The first-order chi connectivity index (χ1) is 26.0. The SMILES string of the molecule is NC(N)=NCCCN(CCCN=C(N)N)c1nc(NCCC(c2ccccc2)c2ccccc2)nc(NCCC(c2ccccc2)c2ccccc2)n1. The molecule has 1 aromatic heterocycles. The molecule has 276 valence electrons. The third-order valence-corrected chi connectivity index (χ3v) is 8.91. The molecule has 0 saturated heterocycles. The average Bonchev–Trinajstić information content (AvgIpc) is 3.18. The molecule has 0 unspecified atom stereocenters. The fraction of sp³-hybridized carbons (Fsp3) is 0.293. The van der Waals surface area contributed by atoms with Crippen LogP contribution >= 0.6 is 0 Å². The molecule has 0 bridgehead atoms. The topological polar surface area (TPSA) is 195 Å². The molecule has 12 heteroatoms. The number of aromatic nitrogens is 3. The van der Waals surface area contributed by atoms with E-state index < -0.39 is 0 Å². The predicted octanol–water partition coefficient (Wildman–Crippen LogP) is 5.27. The second-order valence-electron chi connectivity index (χ2n) is 12.8. The summed E-state index contributed by atoms with van der Waals surface area (Å²) in [6.45, 7) is 3.50. The van der Waals surface area contributed by atoms with Crippen molar-refractivity contribution >= 4 is 29.8 Å². The van der Waals surface area contributed by atoms with Gasteiger partial charge in [0.1, 0.15) is 0 Å². The Balaban J connectivity index is 1.38. The van der Waals surface area contributed by atoms with E-state index in [-0.39, 0.29) is 23.8 Å². The highest BCUT2D eigenvalue weighted by atomic mass is 15.3. The van der Waals surface area contributed by atoms with Crippen LogP contribution in [-0.2, 0) is 0 Å². The smallest absolute Gasteiger partial charge is 0.231 e. The maximum atomic E-state index is 5.60. The maximum Gasteiger partial charge on any atom is 0.231 e. The number of guanidine groups is 2. The van der Waals surface area contributed by atoms with Gasteiger partial charge in [-0.3, -0.25) is 9.98 Å². The number of nitrogens with zero attached hydrogens (tertiary/aromatic N) is 6. The first-order valence-corrected chi connectivity index (χ1v) is 18.3. The fourth-order valence-electron chi connectivity index (χ4n) is 6.37. The molecule has 0 amide bonds. The van der Waals surface area contributed by atoms with E-state index >= 15 is 0 Å². The summed E-state index contributed by atoms with van der Waals surface area (Å²) in [6.07, 6.45) is 3.08. The lowest BCUT2D eigenvalue weighted by molar-refractivity contribution is 0.681. The van der Waals surface area contributed by atoms with E-state index in [9.17, 15) is 0 Å². The molecule has 0 aliphatic carbocycles. The molecule has 0 aliphatic rings. The normalized spacial score (nSPS) is 10.9. The zero-order chi connectivity index (χ0) is 37.1. The summed E-state index contributed by atoms with van der Waals surface area (Å²) in [7, 11) is 0. The molecule has 0 spiro atoms. The Morgan fingerprint density at radius 1 is 0.509 bits per heavy atom. The Labute approximate surface area is 312 Å². The Morgan fingerprint density at radius 2 is 0.849 bits per heavy atom. The Kier molecular flexibility index (Phi) is 14.8. The van der Waals surface area contributed by atoms with Crippen molar-refractivity contribution in [2.45, 2.75) is 37.5 Å². The number of benzene rings is 4. The average molecular weight is 713 g/mol. The second-order valence-corrected chi connectivity index (χ2v) is 12.8. The molecular weight excluding hydrogens is 661 g/mol. The number of aliphatic imine (C=N–C) groups is 2. The van der Waals surface area contributed by atoms with Gasteiger partial charge in [0.25, 0.3) is 0 Å². The summed E-state index contributed by atoms with van der Waals surface area (Å²) in [5.41, 5.74) is 27.4. The molecule has 0 saturated carbocycles. The van der Waals surface area contributed by atoms with Crippen molar-refractivity contribution in [3.05, 3.63) is 144 Å². The van der Waals surface area contributed by atoms with E-state index in [2.05, 4.69) is 123 Å². The van der Waals surface area contributed by atoms with E-state index in [4.69, 9.17) is 37.9 Å². The van der Waals surface area contributed by atoms with Crippen molar-refractivity contribution in [1.82, 2.24) is 15.0 Å². The summed E-state index contributed by atoms with van der Waals surface area (Å²) >= 11 is 0. The van der Waals surface area contributed by atoms with Gasteiger partial charge in [-0.15, -0.1) is 0 Å². The highest BCUT2D eigenvalue weighted by Crippen LogP contribution is 2.29. The number of nitrogens with one attached hydrogen (secondary N) is 2. The third-order valence-electron chi connectivity index (χ3n) is 8.91. The molecular formula is C41H52N12. The molecule has 1 heterocycles. The molecule has 0 atom stereocenters. The van der Waals surface area contributed by atoms with Gasteiger partial charge in [0.15, 0.2) is 11.9 Å². The number of rotatable bonds is 21. The van der Waals surface area contributed by atoms with Crippen molar-refractivity contribution in [1.29, 1.82) is 0 Å². The zero-order valence-electron chi connectivity index (χ0n) is 30.3. The lowest BCUT2D eigenvalue weighted by Crippen LogP contribution is -2.30. The van der Waals surface area contributed by atoms with Gasteiger partial charge < -0.3 is 38.5 Å². The molecule has 53 heavy (non-hydrogen) atoms. The van der Waals surface area contributed by atoms with Crippen molar-refractivity contribution in [3.8, 4) is 0 Å². The van der Waals surface area contributed by atoms with Crippen LogP contribution in [0.15, 0.2) is 131 Å². The lowest BCUT2D eigenvalue weighted by Gasteiger charge is -2.24. The van der Waals surface area contributed by atoms with Crippen LogP contribution in [-0.4, -0.2) is 66.1 Å². The molecule has 4 aromatic carbocycles. The van der Waals surface area contributed by atoms with E-state index in [1.54, 1.807) is 0 Å². The molecule has 12 nitrogen and oxygen atoms in total. The van der Waals surface area contributed by atoms with Crippen LogP contribution in [0.1, 0.15) is 59.8 Å². The van der Waals surface area contributed by atoms with E-state index in [1.165, 1.54) is 22.3 Å². The largest absolute Gasteiger partial charge is 0.370 e. The van der Waals surface area contributed by atoms with Crippen molar-refractivity contribution in [2.24, 2.45) is 32.9 Å². The van der Waals surface area contributed by atoms with E-state index in [0.29, 0.717) is 70.0 Å². The molecule has 5 rings (SSSR count). The monoisotopic (exact) mass is 712 g/mol. The molecule has 0 radical (unpaired) electrons. The summed E-state index contributed by atoms with van der Waals surface area (Å²) < 4.78 is 0. The van der Waals surface area contributed by atoms with Crippen molar-refractivity contribution < 1.29 is 0 Å². The first-order valence-electron chi connectivity index (χ1n) is 18.3.